The number of benzene rings is 4. The van der Waals surface area contributed by atoms with Crippen molar-refractivity contribution in [2.45, 2.75) is 20.0 Å². The van der Waals surface area contributed by atoms with Crippen molar-refractivity contribution in [2.75, 3.05) is 13.7 Å². The van der Waals surface area contributed by atoms with E-state index < -0.39 is 0 Å². The lowest BCUT2D eigenvalue weighted by Crippen LogP contribution is -2.31. The lowest BCUT2D eigenvalue weighted by Gasteiger charge is -2.16. The molecule has 0 N–H and O–H groups in total. The maximum atomic E-state index is 13.8. The molecule has 0 radical (unpaired) electrons. The summed E-state index contributed by atoms with van der Waals surface area (Å²) in [5.41, 5.74) is 4.68. The molecule has 41 heavy (non-hydrogen) atoms. The van der Waals surface area contributed by atoms with E-state index in [2.05, 4.69) is 12.1 Å². The van der Waals surface area contributed by atoms with E-state index in [1.54, 1.807) is 24.1 Å². The lowest BCUT2D eigenvalue weighted by atomic mass is 10.1. The fourth-order valence-corrected chi connectivity index (χ4v) is 5.63. The molecule has 208 valence electrons. The van der Waals surface area contributed by atoms with Gasteiger partial charge in [-0.25, -0.2) is 4.99 Å². The van der Waals surface area contributed by atoms with Crippen LogP contribution in [-0.2, 0) is 17.8 Å². The molecule has 4 aromatic rings. The van der Waals surface area contributed by atoms with Gasteiger partial charge in [0.05, 0.1) is 27.7 Å². The van der Waals surface area contributed by atoms with Gasteiger partial charge in [0.1, 0.15) is 6.61 Å². The Balaban J connectivity index is 1.45. The van der Waals surface area contributed by atoms with E-state index in [4.69, 9.17) is 37.7 Å². The quantitative estimate of drug-likeness (QED) is 0.180. The van der Waals surface area contributed by atoms with E-state index in [0.717, 1.165) is 27.9 Å². The fraction of sp³-hybridized carbons (Fsp3) is 0.152. The molecule has 8 heteroatoms. The van der Waals surface area contributed by atoms with Crippen LogP contribution in [0, 0.1) is 6.92 Å². The summed E-state index contributed by atoms with van der Waals surface area (Å²) in [5, 5.41) is 1.58. The Morgan fingerprint density at radius 2 is 1.68 bits per heavy atom. The molecule has 1 aliphatic heterocycles. The smallest absolute Gasteiger partial charge is 0.266 e. The predicted octanol–water partition coefficient (Wildman–Crippen LogP) is 8.74. The molecule has 1 saturated heterocycles. The van der Waals surface area contributed by atoms with Crippen molar-refractivity contribution < 1.29 is 14.3 Å². The number of hydrogen-bond acceptors (Lipinski definition) is 5. The van der Waals surface area contributed by atoms with Crippen LogP contribution in [0.4, 0.5) is 5.69 Å². The molecular formula is C33H28Cl2N2O3S. The Morgan fingerprint density at radius 3 is 2.41 bits per heavy atom. The molecular weight excluding hydrogens is 575 g/mol. The van der Waals surface area contributed by atoms with Crippen molar-refractivity contribution in [1.82, 2.24) is 4.90 Å². The number of carbonyl (C=O) groups excluding carboxylic acids is 1. The molecule has 0 saturated carbocycles. The number of ether oxygens (including phenoxy) is 2. The Hall–Kier alpha value is -3.71. The minimum absolute atomic E-state index is 0.102. The zero-order valence-electron chi connectivity index (χ0n) is 22.6. The number of halogens is 2. The molecule has 0 bridgehead atoms. The summed E-state index contributed by atoms with van der Waals surface area (Å²) >= 11 is 13.6. The first-order valence-corrected chi connectivity index (χ1v) is 14.6. The summed E-state index contributed by atoms with van der Waals surface area (Å²) < 4.78 is 11.8. The van der Waals surface area contributed by atoms with Crippen LogP contribution in [-0.4, -0.2) is 29.6 Å². The molecule has 5 nitrogen and oxygen atoms in total. The van der Waals surface area contributed by atoms with Crippen molar-refractivity contribution >= 4 is 57.8 Å². The molecule has 1 aliphatic rings. The Labute approximate surface area is 254 Å². The van der Waals surface area contributed by atoms with Gasteiger partial charge in [-0.2, -0.15) is 0 Å². The van der Waals surface area contributed by atoms with Crippen LogP contribution >= 0.6 is 35.0 Å². The summed E-state index contributed by atoms with van der Waals surface area (Å²) in [6.45, 7) is 2.79. The summed E-state index contributed by atoms with van der Waals surface area (Å²) in [5.74, 6) is 0.987. The average Bonchev–Trinajstić information content (AvgIpc) is 3.27. The van der Waals surface area contributed by atoms with Crippen LogP contribution < -0.4 is 9.47 Å². The first-order valence-electron chi connectivity index (χ1n) is 13.1. The number of aliphatic imine (C=N–C) groups is 1. The third-order valence-electron chi connectivity index (χ3n) is 6.50. The minimum Gasteiger partial charge on any atom is -0.493 e. The van der Waals surface area contributed by atoms with Crippen LogP contribution in [0.5, 0.6) is 11.5 Å². The summed E-state index contributed by atoms with van der Waals surface area (Å²) in [6, 6.07) is 29.0. The lowest BCUT2D eigenvalue weighted by molar-refractivity contribution is -0.122. The number of rotatable bonds is 9. The molecule has 1 heterocycles. The van der Waals surface area contributed by atoms with E-state index in [0.29, 0.717) is 44.6 Å². The number of carbonyl (C=O) groups is 1. The largest absolute Gasteiger partial charge is 0.493 e. The van der Waals surface area contributed by atoms with Crippen LogP contribution in [0.1, 0.15) is 22.3 Å². The molecule has 5 rings (SSSR count). The number of amidine groups is 1. The van der Waals surface area contributed by atoms with Gasteiger partial charge in [-0.15, -0.1) is 0 Å². The predicted molar refractivity (Wildman–Crippen MR) is 169 cm³/mol. The zero-order chi connectivity index (χ0) is 28.8. The average molecular weight is 604 g/mol. The van der Waals surface area contributed by atoms with Gasteiger partial charge in [0, 0.05) is 12.1 Å². The van der Waals surface area contributed by atoms with E-state index in [-0.39, 0.29) is 12.5 Å². The molecule has 4 aromatic carbocycles. The topological polar surface area (TPSA) is 51.1 Å². The van der Waals surface area contributed by atoms with Crippen molar-refractivity contribution in [1.29, 1.82) is 0 Å². The second kappa shape index (κ2) is 13.3. The van der Waals surface area contributed by atoms with E-state index in [1.807, 2.05) is 79.7 Å². The van der Waals surface area contributed by atoms with Gasteiger partial charge in [0.2, 0.25) is 0 Å². The van der Waals surface area contributed by atoms with Crippen LogP contribution in [0.25, 0.3) is 6.08 Å². The van der Waals surface area contributed by atoms with Gasteiger partial charge in [-0.1, -0.05) is 89.4 Å². The van der Waals surface area contributed by atoms with E-state index >= 15 is 0 Å². The first-order chi connectivity index (χ1) is 19.9. The van der Waals surface area contributed by atoms with Gasteiger partial charge in [0.25, 0.3) is 5.91 Å². The molecule has 0 spiro atoms. The monoisotopic (exact) mass is 602 g/mol. The number of aryl methyl sites for hydroxylation is 1. The third-order valence-corrected chi connectivity index (χ3v) is 8.24. The van der Waals surface area contributed by atoms with Gasteiger partial charge >= 0.3 is 0 Å². The van der Waals surface area contributed by atoms with E-state index in [1.165, 1.54) is 11.8 Å². The SMILES string of the molecule is COc1cccc(/C=C2/SC(=Nc3ccc(C)cc3)N(CCc3ccccc3)C2=O)c1OCc1ccc(Cl)c(Cl)c1. The van der Waals surface area contributed by atoms with Gasteiger partial charge in [-0.05, 0) is 72.6 Å². The summed E-state index contributed by atoms with van der Waals surface area (Å²) in [6.07, 6.45) is 2.55. The number of nitrogens with zero attached hydrogens (tertiary/aromatic N) is 2. The number of thioether (sulfide) groups is 1. The highest BCUT2D eigenvalue weighted by molar-refractivity contribution is 8.18. The molecule has 0 unspecified atom stereocenters. The van der Waals surface area contributed by atoms with Crippen molar-refractivity contribution in [3.63, 3.8) is 0 Å². The molecule has 1 fully saturated rings. The Kier molecular flexibility index (Phi) is 9.35. The van der Waals surface area contributed by atoms with Crippen LogP contribution in [0.15, 0.2) is 101 Å². The normalized spacial score (nSPS) is 15.1. The fourth-order valence-electron chi connectivity index (χ4n) is 4.29. The Bertz CT molecular complexity index is 1610. The third kappa shape index (κ3) is 7.14. The van der Waals surface area contributed by atoms with E-state index in [9.17, 15) is 4.79 Å². The minimum atomic E-state index is -0.102. The molecule has 0 aliphatic carbocycles. The zero-order valence-corrected chi connectivity index (χ0v) is 25.0. The highest BCUT2D eigenvalue weighted by Crippen LogP contribution is 2.39. The van der Waals surface area contributed by atoms with Crippen molar-refractivity contribution in [2.24, 2.45) is 4.99 Å². The van der Waals surface area contributed by atoms with Gasteiger partial charge in [-0.3, -0.25) is 9.69 Å². The second-order valence-corrected chi connectivity index (χ2v) is 11.3. The first kappa shape index (κ1) is 28.8. The molecule has 0 atom stereocenters. The second-order valence-electron chi connectivity index (χ2n) is 9.45. The van der Waals surface area contributed by atoms with Crippen LogP contribution in [0.2, 0.25) is 10.0 Å². The number of para-hydroxylation sites is 1. The van der Waals surface area contributed by atoms with Crippen LogP contribution in [0.3, 0.4) is 0 Å². The maximum Gasteiger partial charge on any atom is 0.266 e. The van der Waals surface area contributed by atoms with Gasteiger partial charge < -0.3 is 9.47 Å². The summed E-state index contributed by atoms with van der Waals surface area (Å²) in [7, 11) is 1.59. The standard InChI is InChI=1S/C33H28Cl2N2O3S/c1-22-11-14-26(15-12-22)36-33-37(18-17-23-7-4-3-5-8-23)32(38)30(41-33)20-25-9-6-10-29(39-2)31(25)40-21-24-13-16-27(34)28(35)19-24/h3-16,19-20H,17-18,21H2,1-2H3/b30-20+,36-33?. The van der Waals surface area contributed by atoms with Gasteiger partial charge in [0.15, 0.2) is 16.7 Å². The summed E-state index contributed by atoms with van der Waals surface area (Å²) in [4.78, 5) is 20.9. The number of amides is 1. The highest BCUT2D eigenvalue weighted by atomic mass is 35.5. The van der Waals surface area contributed by atoms with Crippen molar-refractivity contribution in [3.8, 4) is 11.5 Å². The Morgan fingerprint density at radius 1 is 0.902 bits per heavy atom. The highest BCUT2D eigenvalue weighted by Gasteiger charge is 2.33. The van der Waals surface area contributed by atoms with Crippen molar-refractivity contribution in [3.05, 3.63) is 128 Å². The maximum absolute atomic E-state index is 13.8. The molecule has 0 aromatic heterocycles. The molecule has 1 amide bonds. The number of methoxy groups -OCH3 is 1. The number of hydrogen-bond donors (Lipinski definition) is 0.